The number of benzene rings is 1. The molecule has 4 aromatic rings. The summed E-state index contributed by atoms with van der Waals surface area (Å²) < 4.78 is 16.1. The molecule has 0 saturated carbocycles. The third-order valence-corrected chi connectivity index (χ3v) is 6.43. The number of piperidine rings is 1. The van der Waals surface area contributed by atoms with E-state index in [1.54, 1.807) is 23.7 Å². The SMILES string of the molecule is CCNC1CCN(c2ccc(C(=O)Nc3cc(F)c4nc(C)cn4c3)c3nc(C)ccc23)CC1. The van der Waals surface area contributed by atoms with Gasteiger partial charge in [0.1, 0.15) is 0 Å². The molecule has 0 bridgehead atoms. The van der Waals surface area contributed by atoms with Crippen molar-refractivity contribution in [2.75, 3.05) is 29.9 Å². The summed E-state index contributed by atoms with van der Waals surface area (Å²) in [6.07, 6.45) is 5.56. The van der Waals surface area contributed by atoms with E-state index in [0.717, 1.165) is 49.2 Å². The lowest BCUT2D eigenvalue weighted by Gasteiger charge is -2.34. The van der Waals surface area contributed by atoms with Gasteiger partial charge in [-0.25, -0.2) is 9.37 Å². The molecule has 2 N–H and O–H groups in total. The second kappa shape index (κ2) is 9.02. The van der Waals surface area contributed by atoms with Crippen molar-refractivity contribution in [3.8, 4) is 0 Å². The number of carbonyl (C=O) groups excluding carboxylic acids is 1. The van der Waals surface area contributed by atoms with E-state index in [0.29, 0.717) is 28.5 Å². The first-order valence-corrected chi connectivity index (χ1v) is 11.8. The minimum atomic E-state index is -0.485. The minimum Gasteiger partial charge on any atom is -0.371 e. The van der Waals surface area contributed by atoms with E-state index < -0.39 is 5.82 Å². The van der Waals surface area contributed by atoms with Crippen molar-refractivity contribution in [2.45, 2.75) is 39.7 Å². The molecule has 0 radical (unpaired) electrons. The van der Waals surface area contributed by atoms with Crippen LogP contribution in [0, 0.1) is 19.7 Å². The molecule has 1 aromatic carbocycles. The molecule has 1 fully saturated rings. The molecule has 1 aliphatic heterocycles. The number of rotatable bonds is 5. The number of carbonyl (C=O) groups is 1. The topological polar surface area (TPSA) is 74.6 Å². The second-order valence-electron chi connectivity index (χ2n) is 8.94. The number of hydrogen-bond acceptors (Lipinski definition) is 5. The Bertz CT molecular complexity index is 1370. The Hall–Kier alpha value is -3.52. The number of fused-ring (bicyclic) bond motifs is 2. The zero-order valence-electron chi connectivity index (χ0n) is 19.7. The quantitative estimate of drug-likeness (QED) is 0.460. The molecule has 5 rings (SSSR count). The standard InChI is InChI=1S/C26H29FN6O/c1-4-28-18-9-11-32(12-10-18)23-8-7-21(24-20(23)6-5-16(2)29-24)26(34)31-19-13-22(27)25-30-17(3)14-33(25)15-19/h5-8,13-15,18,28H,4,9-12H2,1-3H3,(H,31,34). The largest absolute Gasteiger partial charge is 0.371 e. The number of halogens is 1. The molecule has 0 aliphatic carbocycles. The Balaban J connectivity index is 1.46. The Kier molecular flexibility index (Phi) is 5.91. The molecule has 4 heterocycles. The third kappa shape index (κ3) is 4.21. The van der Waals surface area contributed by atoms with Gasteiger partial charge in [0.05, 0.1) is 22.5 Å². The molecule has 0 spiro atoms. The van der Waals surface area contributed by atoms with Crippen molar-refractivity contribution in [3.05, 3.63) is 65.5 Å². The predicted octanol–water partition coefficient (Wildman–Crippen LogP) is 4.47. The highest BCUT2D eigenvalue weighted by Crippen LogP contribution is 2.31. The van der Waals surface area contributed by atoms with Crippen LogP contribution in [0.2, 0.25) is 0 Å². The first kappa shape index (κ1) is 22.3. The third-order valence-electron chi connectivity index (χ3n) is 6.43. The number of nitrogens with one attached hydrogen (secondary N) is 2. The van der Waals surface area contributed by atoms with E-state index in [-0.39, 0.29) is 11.6 Å². The van der Waals surface area contributed by atoms with Crippen molar-refractivity contribution in [1.82, 2.24) is 19.7 Å². The summed E-state index contributed by atoms with van der Waals surface area (Å²) in [6, 6.07) is 9.69. The van der Waals surface area contributed by atoms with E-state index in [9.17, 15) is 9.18 Å². The highest BCUT2D eigenvalue weighted by Gasteiger charge is 2.22. The number of nitrogens with zero attached hydrogens (tertiary/aromatic N) is 4. The van der Waals surface area contributed by atoms with Gasteiger partial charge in [0.25, 0.3) is 5.91 Å². The Morgan fingerprint density at radius 3 is 2.65 bits per heavy atom. The van der Waals surface area contributed by atoms with E-state index in [1.165, 1.54) is 6.07 Å². The molecular formula is C26H29FN6O. The highest BCUT2D eigenvalue weighted by atomic mass is 19.1. The smallest absolute Gasteiger partial charge is 0.257 e. The van der Waals surface area contributed by atoms with Crippen molar-refractivity contribution >= 4 is 33.8 Å². The van der Waals surface area contributed by atoms with Gasteiger partial charge in [0, 0.05) is 54.4 Å². The van der Waals surface area contributed by atoms with Crippen molar-refractivity contribution in [2.24, 2.45) is 0 Å². The molecular weight excluding hydrogens is 431 g/mol. The van der Waals surface area contributed by atoms with E-state index in [1.807, 2.05) is 31.2 Å². The lowest BCUT2D eigenvalue weighted by Crippen LogP contribution is -2.42. The van der Waals surface area contributed by atoms with Crippen LogP contribution in [0.1, 0.15) is 41.5 Å². The van der Waals surface area contributed by atoms with Crippen LogP contribution < -0.4 is 15.5 Å². The number of aryl methyl sites for hydroxylation is 2. The summed E-state index contributed by atoms with van der Waals surface area (Å²) in [5.41, 5.74) is 4.36. The molecule has 1 amide bonds. The monoisotopic (exact) mass is 460 g/mol. The summed E-state index contributed by atoms with van der Waals surface area (Å²) in [4.78, 5) is 24.5. The van der Waals surface area contributed by atoms with Gasteiger partial charge in [0.15, 0.2) is 11.5 Å². The average Bonchev–Trinajstić information content (AvgIpc) is 3.19. The van der Waals surface area contributed by atoms with E-state index in [4.69, 9.17) is 4.98 Å². The van der Waals surface area contributed by atoms with Crippen LogP contribution in [-0.4, -0.2) is 46.0 Å². The van der Waals surface area contributed by atoms with Gasteiger partial charge in [-0.05, 0) is 57.5 Å². The molecule has 1 saturated heterocycles. The number of imidazole rings is 1. The van der Waals surface area contributed by atoms with Gasteiger partial charge in [0.2, 0.25) is 0 Å². The maximum atomic E-state index is 14.5. The summed E-state index contributed by atoms with van der Waals surface area (Å²) in [7, 11) is 0. The normalized spacial score (nSPS) is 14.8. The van der Waals surface area contributed by atoms with Crippen LogP contribution in [0.25, 0.3) is 16.6 Å². The molecule has 7 nitrogen and oxygen atoms in total. The van der Waals surface area contributed by atoms with E-state index in [2.05, 4.69) is 27.4 Å². The first-order valence-electron chi connectivity index (χ1n) is 11.8. The summed E-state index contributed by atoms with van der Waals surface area (Å²) in [6.45, 7) is 8.75. The molecule has 0 atom stereocenters. The number of aromatic nitrogens is 3. The van der Waals surface area contributed by atoms with Gasteiger partial charge in [-0.2, -0.15) is 0 Å². The van der Waals surface area contributed by atoms with Gasteiger partial charge in [-0.3, -0.25) is 9.78 Å². The zero-order valence-corrected chi connectivity index (χ0v) is 19.7. The van der Waals surface area contributed by atoms with Crippen LogP contribution in [-0.2, 0) is 0 Å². The summed E-state index contributed by atoms with van der Waals surface area (Å²) in [5, 5.41) is 7.33. The van der Waals surface area contributed by atoms with Crippen LogP contribution in [0.3, 0.4) is 0 Å². The first-order chi connectivity index (χ1) is 16.4. The molecule has 1 aliphatic rings. The predicted molar refractivity (Wildman–Crippen MR) is 133 cm³/mol. The number of pyridine rings is 2. The van der Waals surface area contributed by atoms with Crippen molar-refractivity contribution < 1.29 is 9.18 Å². The highest BCUT2D eigenvalue weighted by molar-refractivity contribution is 6.14. The van der Waals surface area contributed by atoms with Crippen LogP contribution in [0.4, 0.5) is 15.8 Å². The second-order valence-corrected chi connectivity index (χ2v) is 8.94. The summed E-state index contributed by atoms with van der Waals surface area (Å²) >= 11 is 0. The Morgan fingerprint density at radius 1 is 1.09 bits per heavy atom. The van der Waals surface area contributed by atoms with Gasteiger partial charge in [-0.15, -0.1) is 0 Å². The van der Waals surface area contributed by atoms with Crippen LogP contribution in [0.15, 0.2) is 42.7 Å². The van der Waals surface area contributed by atoms with Crippen LogP contribution >= 0.6 is 0 Å². The van der Waals surface area contributed by atoms with Crippen molar-refractivity contribution in [3.63, 3.8) is 0 Å². The van der Waals surface area contributed by atoms with Gasteiger partial charge >= 0.3 is 0 Å². The molecule has 34 heavy (non-hydrogen) atoms. The average molecular weight is 461 g/mol. The van der Waals surface area contributed by atoms with Crippen molar-refractivity contribution in [1.29, 1.82) is 0 Å². The van der Waals surface area contributed by atoms with Gasteiger partial charge < -0.3 is 19.9 Å². The number of hydrogen-bond donors (Lipinski definition) is 2. The zero-order chi connectivity index (χ0) is 23.8. The van der Waals surface area contributed by atoms with Crippen LogP contribution in [0.5, 0.6) is 0 Å². The molecule has 176 valence electrons. The molecule has 0 unspecified atom stereocenters. The summed E-state index contributed by atoms with van der Waals surface area (Å²) in [5.74, 6) is -0.808. The number of amides is 1. The lowest BCUT2D eigenvalue weighted by molar-refractivity contribution is 0.102. The number of anilines is 2. The van der Waals surface area contributed by atoms with E-state index >= 15 is 0 Å². The minimum absolute atomic E-state index is 0.237. The fourth-order valence-electron chi connectivity index (χ4n) is 4.82. The Morgan fingerprint density at radius 2 is 1.88 bits per heavy atom. The van der Waals surface area contributed by atoms with Gasteiger partial charge in [-0.1, -0.05) is 6.92 Å². The Labute approximate surface area is 198 Å². The molecule has 3 aromatic heterocycles. The fraction of sp³-hybridized carbons (Fsp3) is 0.346. The maximum Gasteiger partial charge on any atom is 0.257 e. The fourth-order valence-corrected chi connectivity index (χ4v) is 4.82. The maximum absolute atomic E-state index is 14.5. The lowest BCUT2D eigenvalue weighted by atomic mass is 10.0. The molecule has 8 heteroatoms.